The molecule has 1 aromatic carbocycles. The molecular formula is C16H17Cl2F3N2O4. The minimum Gasteiger partial charge on any atom is -0.465 e. The summed E-state index contributed by atoms with van der Waals surface area (Å²) in [6, 6.07) is 4.08. The van der Waals surface area contributed by atoms with Crippen LogP contribution in [0.3, 0.4) is 0 Å². The Hall–Kier alpha value is -2.00. The summed E-state index contributed by atoms with van der Waals surface area (Å²) in [6.07, 6.45) is -7.87. The Balaban J connectivity index is 3.43. The number of rotatable bonds is 7. The molecule has 0 aromatic heterocycles. The van der Waals surface area contributed by atoms with Crippen LogP contribution in [0.1, 0.15) is 18.4 Å². The number of amides is 2. The molecule has 0 heterocycles. The number of benzene rings is 1. The second-order valence-electron chi connectivity index (χ2n) is 5.91. The fraction of sp³-hybridized carbons (Fsp3) is 0.438. The molecule has 11 heteroatoms. The van der Waals surface area contributed by atoms with E-state index in [0.29, 0.717) is 6.29 Å². The van der Waals surface area contributed by atoms with Crippen molar-refractivity contribution in [2.75, 3.05) is 20.6 Å². The summed E-state index contributed by atoms with van der Waals surface area (Å²) in [7, 11) is 2.25. The number of carboxylic acid groups (broad SMARTS) is 1. The van der Waals surface area contributed by atoms with Crippen molar-refractivity contribution in [3.05, 3.63) is 33.8 Å². The molecule has 150 valence electrons. The molecule has 0 spiro atoms. The highest BCUT2D eigenvalue weighted by Crippen LogP contribution is 2.36. The van der Waals surface area contributed by atoms with Gasteiger partial charge in [0.25, 0.3) is 0 Å². The van der Waals surface area contributed by atoms with Crippen LogP contribution in [-0.2, 0) is 15.1 Å². The first-order valence-corrected chi connectivity index (χ1v) is 8.26. The lowest BCUT2D eigenvalue weighted by atomic mass is 9.84. The van der Waals surface area contributed by atoms with Crippen LogP contribution in [0, 0.1) is 0 Å². The quantitative estimate of drug-likeness (QED) is 0.669. The van der Waals surface area contributed by atoms with E-state index in [4.69, 9.17) is 23.2 Å². The molecule has 0 bridgehead atoms. The highest BCUT2D eigenvalue weighted by Gasteiger charge is 2.42. The number of hydrogen-bond acceptors (Lipinski definition) is 3. The summed E-state index contributed by atoms with van der Waals surface area (Å²) in [6.45, 7) is -0.499. The van der Waals surface area contributed by atoms with Gasteiger partial charge in [-0.15, -0.1) is 0 Å². The van der Waals surface area contributed by atoms with E-state index in [1.165, 1.54) is 18.2 Å². The van der Waals surface area contributed by atoms with E-state index in [1.807, 2.05) is 0 Å². The Labute approximate surface area is 163 Å². The van der Waals surface area contributed by atoms with Gasteiger partial charge < -0.3 is 14.8 Å². The molecule has 0 aliphatic rings. The molecule has 1 N–H and O–H groups in total. The van der Waals surface area contributed by atoms with Gasteiger partial charge >= 0.3 is 12.3 Å². The van der Waals surface area contributed by atoms with Gasteiger partial charge in [0, 0.05) is 27.1 Å². The molecule has 0 saturated heterocycles. The van der Waals surface area contributed by atoms with Crippen molar-refractivity contribution in [2.24, 2.45) is 0 Å². The summed E-state index contributed by atoms with van der Waals surface area (Å²) < 4.78 is 37.5. The first-order chi connectivity index (χ1) is 12.3. The molecule has 1 rings (SSSR count). The molecule has 0 aliphatic heterocycles. The molecule has 0 aliphatic carbocycles. The molecule has 0 saturated carbocycles. The van der Waals surface area contributed by atoms with Gasteiger partial charge in [0.05, 0.1) is 15.6 Å². The fourth-order valence-corrected chi connectivity index (χ4v) is 2.90. The maximum atomic E-state index is 12.5. The van der Waals surface area contributed by atoms with Crippen LogP contribution in [0.15, 0.2) is 18.2 Å². The number of carbonyl (C=O) groups excluding carboxylic acids is 2. The third-order valence-electron chi connectivity index (χ3n) is 4.08. The lowest BCUT2D eigenvalue weighted by Gasteiger charge is -2.42. The molecule has 0 unspecified atom stereocenters. The van der Waals surface area contributed by atoms with Crippen LogP contribution < -0.4 is 0 Å². The highest BCUT2D eigenvalue weighted by molar-refractivity contribution is 6.42. The van der Waals surface area contributed by atoms with Crippen LogP contribution >= 0.6 is 23.2 Å². The number of alkyl halides is 3. The summed E-state index contributed by atoms with van der Waals surface area (Å²) in [5.74, 6) is -1.27. The maximum absolute atomic E-state index is 12.5. The van der Waals surface area contributed by atoms with Gasteiger partial charge in [-0.25, -0.2) is 4.79 Å². The minimum atomic E-state index is -4.72. The molecule has 0 radical (unpaired) electrons. The highest BCUT2D eigenvalue weighted by atomic mass is 35.5. The normalized spacial score (nSPS) is 13.6. The third kappa shape index (κ3) is 5.74. The van der Waals surface area contributed by atoms with Crippen molar-refractivity contribution in [3.8, 4) is 0 Å². The SMILES string of the molecule is CN(C[C@](CC=O)(c1ccc(Cl)c(Cl)c1)N(C)C(=O)O)C(=O)CC(F)(F)F. The standard InChI is InChI=1S/C16H17Cl2F3N2O4/c1-22(13(25)8-16(19,20)21)9-15(5-6-24,23(2)14(26)27)10-3-4-11(17)12(18)7-10/h3-4,6-7H,5,8-9H2,1-2H3,(H,26,27)/t15-/m1/s1. The number of hydrogen-bond donors (Lipinski definition) is 1. The maximum Gasteiger partial charge on any atom is 0.407 e. The molecule has 6 nitrogen and oxygen atoms in total. The second-order valence-corrected chi connectivity index (χ2v) is 6.73. The predicted molar refractivity (Wildman–Crippen MR) is 92.9 cm³/mol. The molecule has 1 aromatic rings. The zero-order chi connectivity index (χ0) is 21.0. The Kier molecular flexibility index (Phi) is 7.50. The van der Waals surface area contributed by atoms with E-state index in [-0.39, 0.29) is 15.6 Å². The minimum absolute atomic E-state index is 0.0625. The Morgan fingerprint density at radius 2 is 1.78 bits per heavy atom. The van der Waals surface area contributed by atoms with Crippen molar-refractivity contribution in [1.29, 1.82) is 0 Å². The largest absolute Gasteiger partial charge is 0.465 e. The summed E-state index contributed by atoms with van der Waals surface area (Å²) in [4.78, 5) is 36.3. The number of aldehydes is 1. The van der Waals surface area contributed by atoms with Crippen molar-refractivity contribution < 1.29 is 32.7 Å². The summed E-state index contributed by atoms with van der Waals surface area (Å²) >= 11 is 11.8. The number of likely N-dealkylation sites (N-methyl/N-ethyl adjacent to an activating group) is 2. The van der Waals surface area contributed by atoms with Crippen LogP contribution in [0.5, 0.6) is 0 Å². The predicted octanol–water partition coefficient (Wildman–Crippen LogP) is 3.80. The van der Waals surface area contributed by atoms with Gasteiger partial charge in [0.1, 0.15) is 12.7 Å². The fourth-order valence-electron chi connectivity index (χ4n) is 2.60. The lowest BCUT2D eigenvalue weighted by Crippen LogP contribution is -2.54. The van der Waals surface area contributed by atoms with Gasteiger partial charge in [-0.1, -0.05) is 29.3 Å². The van der Waals surface area contributed by atoms with E-state index >= 15 is 0 Å². The van der Waals surface area contributed by atoms with Gasteiger partial charge in [-0.2, -0.15) is 13.2 Å². The van der Waals surface area contributed by atoms with E-state index in [0.717, 1.165) is 23.9 Å². The molecule has 2 amide bonds. The summed E-state index contributed by atoms with van der Waals surface area (Å²) in [5.41, 5.74) is -1.45. The number of carbonyl (C=O) groups is 3. The topological polar surface area (TPSA) is 77.9 Å². The average molecular weight is 429 g/mol. The number of nitrogens with zero attached hydrogens (tertiary/aromatic N) is 2. The Morgan fingerprint density at radius 1 is 1.19 bits per heavy atom. The van der Waals surface area contributed by atoms with Crippen LogP contribution in [-0.4, -0.2) is 60.0 Å². The first-order valence-electron chi connectivity index (χ1n) is 7.50. The van der Waals surface area contributed by atoms with E-state index < -0.39 is 43.1 Å². The Morgan fingerprint density at radius 3 is 2.22 bits per heavy atom. The van der Waals surface area contributed by atoms with Gasteiger partial charge in [0.15, 0.2) is 0 Å². The second kappa shape index (κ2) is 8.79. The van der Waals surface area contributed by atoms with Crippen molar-refractivity contribution in [3.63, 3.8) is 0 Å². The average Bonchev–Trinajstić information content (AvgIpc) is 2.54. The van der Waals surface area contributed by atoms with E-state index in [2.05, 4.69) is 0 Å². The van der Waals surface area contributed by atoms with Crippen molar-refractivity contribution >= 4 is 41.5 Å². The van der Waals surface area contributed by atoms with Gasteiger partial charge in [-0.05, 0) is 17.7 Å². The van der Waals surface area contributed by atoms with Crippen LogP contribution in [0.2, 0.25) is 10.0 Å². The smallest absolute Gasteiger partial charge is 0.407 e. The molecular weight excluding hydrogens is 412 g/mol. The summed E-state index contributed by atoms with van der Waals surface area (Å²) in [5, 5.41) is 9.66. The zero-order valence-electron chi connectivity index (χ0n) is 14.4. The van der Waals surface area contributed by atoms with Crippen LogP contribution in [0.4, 0.5) is 18.0 Å². The Bertz CT molecular complexity index is 730. The lowest BCUT2D eigenvalue weighted by molar-refractivity contribution is -0.161. The van der Waals surface area contributed by atoms with Gasteiger partial charge in [0.2, 0.25) is 5.91 Å². The first kappa shape index (κ1) is 23.0. The van der Waals surface area contributed by atoms with Crippen molar-refractivity contribution in [1.82, 2.24) is 9.80 Å². The van der Waals surface area contributed by atoms with E-state index in [9.17, 15) is 32.7 Å². The van der Waals surface area contributed by atoms with Crippen LogP contribution in [0.25, 0.3) is 0 Å². The van der Waals surface area contributed by atoms with Gasteiger partial charge in [-0.3, -0.25) is 9.69 Å². The third-order valence-corrected chi connectivity index (χ3v) is 4.82. The number of halogens is 5. The zero-order valence-corrected chi connectivity index (χ0v) is 15.9. The molecule has 1 atom stereocenters. The monoisotopic (exact) mass is 428 g/mol. The van der Waals surface area contributed by atoms with E-state index in [1.54, 1.807) is 0 Å². The van der Waals surface area contributed by atoms with Crippen molar-refractivity contribution in [2.45, 2.75) is 24.6 Å². The molecule has 0 fully saturated rings. The molecule has 27 heavy (non-hydrogen) atoms.